The molecule has 0 radical (unpaired) electrons. The van der Waals surface area contributed by atoms with Gasteiger partial charge in [0, 0.05) is 12.1 Å². The smallest absolute Gasteiger partial charge is 0.237 e. The molecule has 0 aliphatic heterocycles. The van der Waals surface area contributed by atoms with Crippen molar-refractivity contribution >= 4 is 11.8 Å². The van der Waals surface area contributed by atoms with Crippen LogP contribution < -0.4 is 9.47 Å². The highest BCUT2D eigenvalue weighted by molar-refractivity contribution is 7.98. The van der Waals surface area contributed by atoms with Gasteiger partial charge in [-0.2, -0.15) is 4.98 Å². The number of methoxy groups -OCH3 is 2. The van der Waals surface area contributed by atoms with Crippen LogP contribution in [0.5, 0.6) is 11.5 Å². The Balaban J connectivity index is 1.73. The zero-order valence-electron chi connectivity index (χ0n) is 14.8. The molecule has 0 aliphatic carbocycles. The second-order valence-electron chi connectivity index (χ2n) is 5.30. The summed E-state index contributed by atoms with van der Waals surface area (Å²) in [5, 5.41) is 13.1. The lowest BCUT2D eigenvalue weighted by molar-refractivity contribution is 0.355. The molecule has 26 heavy (non-hydrogen) atoms. The second-order valence-corrected chi connectivity index (χ2v) is 6.24. The molecule has 3 rings (SSSR count). The first-order valence-electron chi connectivity index (χ1n) is 7.84. The summed E-state index contributed by atoms with van der Waals surface area (Å²) >= 11 is 1.48. The number of rotatable bonds is 8. The molecule has 2 aromatic heterocycles. The topological polar surface area (TPSA) is 88.1 Å². The third-order valence-electron chi connectivity index (χ3n) is 3.65. The van der Waals surface area contributed by atoms with Gasteiger partial charge in [-0.05, 0) is 25.1 Å². The molecule has 0 N–H and O–H groups in total. The molecular formula is C17H19N5O3S. The molecule has 0 spiro atoms. The molecule has 0 amide bonds. The molecule has 8 nitrogen and oxygen atoms in total. The molecule has 0 unspecified atom stereocenters. The maximum absolute atomic E-state index is 5.35. The van der Waals surface area contributed by atoms with Crippen molar-refractivity contribution in [1.29, 1.82) is 0 Å². The molecule has 0 aliphatic rings. The Bertz CT molecular complexity index is 906. The molecule has 0 saturated carbocycles. The van der Waals surface area contributed by atoms with Crippen LogP contribution in [0.1, 0.15) is 11.7 Å². The quantitative estimate of drug-likeness (QED) is 0.439. The number of aromatic nitrogens is 5. The number of hydrogen-bond acceptors (Lipinski definition) is 8. The minimum atomic E-state index is 0.491. The van der Waals surface area contributed by atoms with Crippen LogP contribution in [0.3, 0.4) is 0 Å². The number of allylic oxidation sites excluding steroid dienone is 1. The first-order valence-corrected chi connectivity index (χ1v) is 8.83. The first kappa shape index (κ1) is 18.0. The molecule has 9 heteroatoms. The lowest BCUT2D eigenvalue weighted by Crippen LogP contribution is -2.00. The van der Waals surface area contributed by atoms with E-state index in [0.29, 0.717) is 35.5 Å². The van der Waals surface area contributed by atoms with Gasteiger partial charge in [0.15, 0.2) is 16.7 Å². The van der Waals surface area contributed by atoms with E-state index in [-0.39, 0.29) is 0 Å². The van der Waals surface area contributed by atoms with Crippen molar-refractivity contribution in [1.82, 2.24) is 24.9 Å². The number of benzene rings is 1. The van der Waals surface area contributed by atoms with Crippen LogP contribution in [0.2, 0.25) is 0 Å². The fourth-order valence-corrected chi connectivity index (χ4v) is 3.17. The number of nitrogens with zero attached hydrogens (tertiary/aromatic N) is 5. The molecule has 0 saturated heterocycles. The Morgan fingerprint density at radius 2 is 2.04 bits per heavy atom. The zero-order chi connectivity index (χ0) is 18.5. The molecule has 0 fully saturated rings. The van der Waals surface area contributed by atoms with Crippen molar-refractivity contribution in [3.8, 4) is 22.9 Å². The van der Waals surface area contributed by atoms with E-state index in [2.05, 4.69) is 26.9 Å². The largest absolute Gasteiger partial charge is 0.493 e. The van der Waals surface area contributed by atoms with E-state index >= 15 is 0 Å². The summed E-state index contributed by atoms with van der Waals surface area (Å²) in [5.41, 5.74) is 0.785. The molecule has 1 aromatic carbocycles. The van der Waals surface area contributed by atoms with E-state index in [9.17, 15) is 0 Å². The summed E-state index contributed by atoms with van der Waals surface area (Å²) in [4.78, 5) is 4.44. The Kier molecular flexibility index (Phi) is 5.57. The van der Waals surface area contributed by atoms with Crippen molar-refractivity contribution in [2.45, 2.75) is 24.4 Å². The van der Waals surface area contributed by atoms with Crippen LogP contribution in [0.25, 0.3) is 11.4 Å². The third kappa shape index (κ3) is 3.72. The van der Waals surface area contributed by atoms with E-state index in [0.717, 1.165) is 16.5 Å². The minimum Gasteiger partial charge on any atom is -0.493 e. The second kappa shape index (κ2) is 8.05. The van der Waals surface area contributed by atoms with Crippen molar-refractivity contribution in [2.75, 3.05) is 14.2 Å². The lowest BCUT2D eigenvalue weighted by atomic mass is 10.2. The highest BCUT2D eigenvalue weighted by Gasteiger charge is 2.14. The van der Waals surface area contributed by atoms with Crippen molar-refractivity contribution in [2.24, 2.45) is 0 Å². The Morgan fingerprint density at radius 1 is 1.23 bits per heavy atom. The molecule has 0 atom stereocenters. The van der Waals surface area contributed by atoms with Gasteiger partial charge in [-0.1, -0.05) is 23.0 Å². The van der Waals surface area contributed by atoms with E-state index in [1.54, 1.807) is 20.3 Å². The minimum absolute atomic E-state index is 0.491. The van der Waals surface area contributed by atoms with Crippen LogP contribution in [0.15, 0.2) is 40.5 Å². The van der Waals surface area contributed by atoms with E-state index < -0.39 is 0 Å². The predicted molar refractivity (Wildman–Crippen MR) is 97.4 cm³/mol. The molecule has 2 heterocycles. The van der Waals surface area contributed by atoms with Gasteiger partial charge in [0.05, 0.1) is 20.0 Å². The highest BCUT2D eigenvalue weighted by atomic mass is 32.2. The van der Waals surface area contributed by atoms with Crippen LogP contribution >= 0.6 is 11.8 Å². The molecule has 3 aromatic rings. The van der Waals surface area contributed by atoms with Gasteiger partial charge >= 0.3 is 0 Å². The van der Waals surface area contributed by atoms with Gasteiger partial charge in [-0.25, -0.2) is 0 Å². The highest BCUT2D eigenvalue weighted by Crippen LogP contribution is 2.31. The van der Waals surface area contributed by atoms with Gasteiger partial charge in [0.1, 0.15) is 5.82 Å². The Hall–Kier alpha value is -2.81. The maximum Gasteiger partial charge on any atom is 0.237 e. The fraction of sp³-hybridized carbons (Fsp3) is 0.294. The van der Waals surface area contributed by atoms with Gasteiger partial charge in [0.2, 0.25) is 11.7 Å². The van der Waals surface area contributed by atoms with Gasteiger partial charge in [-0.3, -0.25) is 0 Å². The van der Waals surface area contributed by atoms with Crippen molar-refractivity contribution in [3.63, 3.8) is 0 Å². The standard InChI is InChI=1S/C17H19N5O3S/c1-5-8-22-11(2)19-20-17(22)26-10-15-18-16(21-25-15)12-6-7-13(23-3)14(9-12)24-4/h5-7,9H,1,8,10H2,2-4H3. The average Bonchev–Trinajstić information content (AvgIpc) is 3.27. The van der Waals surface area contributed by atoms with Crippen molar-refractivity contribution in [3.05, 3.63) is 42.6 Å². The summed E-state index contributed by atoms with van der Waals surface area (Å²) in [5.74, 6) is 3.58. The molecular weight excluding hydrogens is 354 g/mol. The Labute approximate surface area is 155 Å². The summed E-state index contributed by atoms with van der Waals surface area (Å²) in [6, 6.07) is 5.47. The number of aryl methyl sites for hydroxylation is 1. The molecule has 0 bridgehead atoms. The van der Waals surface area contributed by atoms with E-state index in [1.807, 2.05) is 29.7 Å². The van der Waals surface area contributed by atoms with E-state index in [1.165, 1.54) is 11.8 Å². The predicted octanol–water partition coefficient (Wildman–Crippen LogP) is 3.13. The van der Waals surface area contributed by atoms with Gasteiger partial charge < -0.3 is 18.6 Å². The number of ether oxygens (including phenoxy) is 2. The normalized spacial score (nSPS) is 10.7. The Morgan fingerprint density at radius 3 is 2.77 bits per heavy atom. The number of hydrogen-bond donors (Lipinski definition) is 0. The van der Waals surface area contributed by atoms with Crippen LogP contribution in [0.4, 0.5) is 0 Å². The SMILES string of the molecule is C=CCn1c(C)nnc1SCc1nc(-c2ccc(OC)c(OC)c2)no1. The fourth-order valence-electron chi connectivity index (χ4n) is 2.34. The van der Waals surface area contributed by atoms with Gasteiger partial charge in [0.25, 0.3) is 0 Å². The van der Waals surface area contributed by atoms with E-state index in [4.69, 9.17) is 14.0 Å². The van der Waals surface area contributed by atoms with Crippen LogP contribution in [-0.2, 0) is 12.3 Å². The summed E-state index contributed by atoms with van der Waals surface area (Å²) in [7, 11) is 3.18. The zero-order valence-corrected chi connectivity index (χ0v) is 15.6. The average molecular weight is 373 g/mol. The maximum atomic E-state index is 5.35. The summed E-state index contributed by atoms with van der Waals surface area (Å²) < 4.78 is 17.9. The summed E-state index contributed by atoms with van der Waals surface area (Å²) in [6.07, 6.45) is 1.81. The number of thioether (sulfide) groups is 1. The lowest BCUT2D eigenvalue weighted by Gasteiger charge is -2.07. The van der Waals surface area contributed by atoms with Gasteiger partial charge in [-0.15, -0.1) is 16.8 Å². The summed E-state index contributed by atoms with van der Waals surface area (Å²) in [6.45, 7) is 6.31. The molecule has 136 valence electrons. The van der Waals surface area contributed by atoms with Crippen LogP contribution in [-0.4, -0.2) is 39.1 Å². The first-order chi connectivity index (χ1) is 12.7. The third-order valence-corrected chi connectivity index (χ3v) is 4.60. The monoisotopic (exact) mass is 373 g/mol. The van der Waals surface area contributed by atoms with Crippen molar-refractivity contribution < 1.29 is 14.0 Å². The van der Waals surface area contributed by atoms with Crippen LogP contribution in [0, 0.1) is 6.92 Å².